The number of rotatable bonds is 13. The molecule has 0 aliphatic carbocycles. The molecule has 1 aromatic carbocycles. The van der Waals surface area contributed by atoms with Crippen molar-refractivity contribution in [2.45, 2.75) is 138 Å². The highest BCUT2D eigenvalue weighted by molar-refractivity contribution is 7.98. The van der Waals surface area contributed by atoms with Gasteiger partial charge in [0, 0.05) is 77.5 Å². The molecule has 29 heteroatoms. The van der Waals surface area contributed by atoms with E-state index in [4.69, 9.17) is 10.5 Å². The zero-order chi connectivity index (χ0) is 57.1. The van der Waals surface area contributed by atoms with Gasteiger partial charge < -0.3 is 87.9 Å². The van der Waals surface area contributed by atoms with E-state index in [1.165, 1.54) is 30.8 Å². The number of aliphatic hydroxyl groups is 3. The number of amides is 10. The van der Waals surface area contributed by atoms with E-state index < -0.39 is 194 Å². The van der Waals surface area contributed by atoms with Crippen molar-refractivity contribution in [3.8, 4) is 5.75 Å². The number of nitrogens with two attached hydrogens (primary N) is 1. The molecule has 15 N–H and O–H groups in total. The molecule has 4 heterocycles. The average Bonchev–Trinajstić information content (AvgIpc) is 3.95. The van der Waals surface area contributed by atoms with Crippen LogP contribution in [-0.4, -0.2) is 192 Å². The van der Waals surface area contributed by atoms with Crippen LogP contribution in [0, 0.1) is 11.8 Å². The predicted molar refractivity (Wildman–Crippen MR) is 277 cm³/mol. The van der Waals surface area contributed by atoms with Gasteiger partial charge in [0.15, 0.2) is 6.04 Å². The number of ether oxygens (including phenoxy) is 1. The average molecular weight is 1120 g/mol. The number of H-pyrrole nitrogens is 1. The highest BCUT2D eigenvalue weighted by atomic mass is 32.2. The van der Waals surface area contributed by atoms with E-state index in [0.29, 0.717) is 12.2 Å². The summed E-state index contributed by atoms with van der Waals surface area (Å²) in [6.07, 6.45) is -5.30. The molecule has 77 heavy (non-hydrogen) atoms. The Hall–Kier alpha value is -6.40. The van der Waals surface area contributed by atoms with Crippen molar-refractivity contribution in [1.82, 2.24) is 52.4 Å². The number of aliphatic hydroxyl groups excluding tert-OH is 3. The Morgan fingerprint density at radius 3 is 2.25 bits per heavy atom. The molecule has 1 saturated heterocycles. The first-order valence-corrected chi connectivity index (χ1v) is 27.6. The summed E-state index contributed by atoms with van der Waals surface area (Å²) in [4.78, 5) is 142. The Morgan fingerprint density at radius 2 is 1.60 bits per heavy atom. The molecule has 3 aliphatic heterocycles. The molecular weight excluding hydrogens is 1050 g/mol. The van der Waals surface area contributed by atoms with Crippen molar-refractivity contribution in [3.05, 3.63) is 23.3 Å². The quantitative estimate of drug-likeness (QED) is 0.0676. The second kappa shape index (κ2) is 27.3. The number of aromatic hydroxyl groups is 1. The van der Waals surface area contributed by atoms with Gasteiger partial charge in [0.25, 0.3) is 0 Å². The third-order valence-corrected chi connectivity index (χ3v) is 15.7. The Labute approximate surface area is 451 Å². The topological polar surface area (TPSA) is 425 Å². The molecule has 2 bridgehead atoms. The number of aromatic amines is 1. The molecule has 1 fully saturated rings. The van der Waals surface area contributed by atoms with Gasteiger partial charge in [-0.05, 0) is 45.2 Å². The van der Waals surface area contributed by atoms with Gasteiger partial charge in [-0.15, -0.1) is 0 Å². The highest BCUT2D eigenvalue weighted by Gasteiger charge is 2.45. The van der Waals surface area contributed by atoms with Gasteiger partial charge in [-0.2, -0.15) is 11.8 Å². The standard InChI is InChI=1S/C48H71N11O16S2/c1-7-22(2)37-43(70)52-16-35(65)53-30-21-77(74)45-26(25-8-10-32(62)27(39(25)58-45)20-76-13-12-50-47(73)75-48(4,5)6)15-29(40(67)51-17-36(66)56-37)55-44(71)38(23(3)33(63)19-60)57-42(69)31-14-24(61)18-59(31)46(72)28(54-41(30)68)9-11-34(49)64/h8,10,22-24,28-31,33,37-38,58,60-63H,7,9,11-21H2,1-6H3,(H2,49,64)(H,50,73)(H,51,67)(H,52,70)(H,53,65)(H,54,68)(H,55,71)(H,56,66)(H,57,69)/t22-,23-,24+,28-,29-,30-,31?,33-,37-,38-,77?/m0/s1. The highest BCUT2D eigenvalue weighted by Crippen LogP contribution is 2.36. The summed E-state index contributed by atoms with van der Waals surface area (Å²) in [6.45, 7) is 6.97. The number of benzene rings is 1. The van der Waals surface area contributed by atoms with Crippen molar-refractivity contribution in [2.75, 3.05) is 44.3 Å². The molecule has 3 aliphatic rings. The third kappa shape index (κ3) is 16.6. The number of nitrogens with one attached hydrogen (secondary N) is 9. The molecule has 0 spiro atoms. The number of hydrogen-bond acceptors (Lipinski definition) is 17. The molecule has 10 amide bonds. The number of aromatic nitrogens is 1. The fourth-order valence-electron chi connectivity index (χ4n) is 8.83. The molecule has 0 radical (unpaired) electrons. The Morgan fingerprint density at radius 1 is 0.922 bits per heavy atom. The van der Waals surface area contributed by atoms with Gasteiger partial charge in [0.05, 0.1) is 37.4 Å². The van der Waals surface area contributed by atoms with E-state index in [1.807, 2.05) is 0 Å². The lowest BCUT2D eigenvalue weighted by Gasteiger charge is -2.33. The molecule has 1 aromatic heterocycles. The molecule has 0 saturated carbocycles. The second-order valence-corrected chi connectivity index (χ2v) is 22.8. The van der Waals surface area contributed by atoms with Gasteiger partial charge in [-0.25, -0.2) is 4.79 Å². The van der Waals surface area contributed by atoms with Crippen LogP contribution in [-0.2, 0) is 71.2 Å². The zero-order valence-electron chi connectivity index (χ0n) is 43.6. The number of carbonyl (C=O) groups excluding carboxylic acids is 10. The molecular formula is C48H71N11O16S2. The summed E-state index contributed by atoms with van der Waals surface area (Å²) in [5.41, 5.74) is 5.19. The van der Waals surface area contributed by atoms with Crippen LogP contribution in [0.25, 0.3) is 10.9 Å². The first-order valence-electron chi connectivity index (χ1n) is 25.1. The fraction of sp³-hybridized carbons (Fsp3) is 0.625. The van der Waals surface area contributed by atoms with Gasteiger partial charge in [0.1, 0.15) is 47.3 Å². The van der Waals surface area contributed by atoms with Crippen molar-refractivity contribution in [2.24, 2.45) is 17.6 Å². The number of phenolic OH excluding ortho intramolecular Hbond substituents is 1. The minimum absolute atomic E-state index is 0.0482. The van der Waals surface area contributed by atoms with E-state index in [1.54, 1.807) is 34.6 Å². The third-order valence-electron chi connectivity index (χ3n) is 13.2. The lowest BCUT2D eigenvalue weighted by Crippen LogP contribution is -2.62. The summed E-state index contributed by atoms with van der Waals surface area (Å²) >= 11 is -1.19. The van der Waals surface area contributed by atoms with Crippen molar-refractivity contribution >= 4 is 93.1 Å². The second-order valence-electron chi connectivity index (χ2n) is 20.2. The van der Waals surface area contributed by atoms with E-state index in [9.17, 15) is 68.4 Å². The first-order chi connectivity index (χ1) is 36.2. The molecule has 2 unspecified atom stereocenters. The zero-order valence-corrected chi connectivity index (χ0v) is 45.3. The Kier molecular flexibility index (Phi) is 21.8. The van der Waals surface area contributed by atoms with Crippen LogP contribution >= 0.6 is 11.8 Å². The predicted octanol–water partition coefficient (Wildman–Crippen LogP) is -3.77. The summed E-state index contributed by atoms with van der Waals surface area (Å²) in [7, 11) is 0. The van der Waals surface area contributed by atoms with Crippen LogP contribution in [0.1, 0.15) is 78.4 Å². The van der Waals surface area contributed by atoms with Gasteiger partial charge in [-0.3, -0.25) is 43.2 Å². The lowest BCUT2D eigenvalue weighted by atomic mass is 9.93. The SMILES string of the molecule is CC[C@H](C)[C@@H]1NC(=O)CNC(=O)[C@@H]2Cc3c([nH]c4c(CSCCNC(=O)OC(C)(C)C)c(O)ccc34)[S+]([O-])C[C@H](NC(=O)CNC1=O)C(=O)N[C@@H](CCC(N)=O)C(=O)N1C[C@H](O)CC1C(=O)N[C@@H]([C@@H](C)[C@@H](O)CO)C(=O)N2. The van der Waals surface area contributed by atoms with Gasteiger partial charge in [-0.1, -0.05) is 27.2 Å². The van der Waals surface area contributed by atoms with E-state index in [-0.39, 0.29) is 45.1 Å². The number of primary amides is 1. The molecule has 11 atom stereocenters. The molecule has 27 nitrogen and oxygen atoms in total. The van der Waals surface area contributed by atoms with E-state index in [0.717, 1.165) is 4.90 Å². The lowest BCUT2D eigenvalue weighted by molar-refractivity contribution is -0.143. The van der Waals surface area contributed by atoms with E-state index >= 15 is 4.55 Å². The fourth-order valence-corrected chi connectivity index (χ4v) is 11.1. The number of thioether (sulfide) groups is 1. The van der Waals surface area contributed by atoms with Crippen LogP contribution in [0.4, 0.5) is 4.79 Å². The largest absolute Gasteiger partial charge is 0.610 e. The first kappa shape index (κ1) is 61.5. The Balaban J connectivity index is 1.73. The summed E-state index contributed by atoms with van der Waals surface area (Å²) in [5, 5.41) is 63.2. The maximum absolute atomic E-state index is 15.1. The number of carbonyl (C=O) groups is 10. The Bertz CT molecular complexity index is 2540. The van der Waals surface area contributed by atoms with Crippen molar-refractivity contribution < 1.29 is 77.7 Å². The monoisotopic (exact) mass is 1120 g/mol. The van der Waals surface area contributed by atoms with Crippen molar-refractivity contribution in [1.29, 1.82) is 0 Å². The van der Waals surface area contributed by atoms with Crippen LogP contribution in [0.2, 0.25) is 0 Å². The van der Waals surface area contributed by atoms with Crippen LogP contribution in [0.15, 0.2) is 17.2 Å². The number of phenols is 1. The van der Waals surface area contributed by atoms with Crippen LogP contribution in [0.3, 0.4) is 0 Å². The van der Waals surface area contributed by atoms with Crippen LogP contribution < -0.4 is 48.3 Å². The molecule has 5 rings (SSSR count). The minimum atomic E-state index is -2.46. The molecule has 2 aromatic rings. The smallest absolute Gasteiger partial charge is 0.407 e. The summed E-state index contributed by atoms with van der Waals surface area (Å²) in [5.74, 6) is -11.5. The maximum atomic E-state index is 15.1. The number of fused-ring (bicyclic) bond motifs is 5. The maximum Gasteiger partial charge on any atom is 0.407 e. The van der Waals surface area contributed by atoms with Crippen LogP contribution in [0.5, 0.6) is 5.75 Å². The summed E-state index contributed by atoms with van der Waals surface area (Å²) in [6, 6.07) is -7.20. The van der Waals surface area contributed by atoms with Gasteiger partial charge in [0.2, 0.25) is 58.2 Å². The van der Waals surface area contributed by atoms with Crippen molar-refractivity contribution in [3.63, 3.8) is 0 Å². The normalized spacial score (nSPS) is 25.8. The summed E-state index contributed by atoms with van der Waals surface area (Å²) < 4.78 is 20.4. The number of nitrogens with zero attached hydrogens (tertiary/aromatic N) is 1. The minimum Gasteiger partial charge on any atom is -0.610 e. The van der Waals surface area contributed by atoms with E-state index in [2.05, 4.69) is 47.5 Å². The van der Waals surface area contributed by atoms with Gasteiger partial charge >= 0.3 is 6.09 Å². The number of alkyl carbamates (subject to hydrolysis) is 1. The number of hydrogen-bond donors (Lipinski definition) is 14. The molecule has 426 valence electrons.